The molecule has 0 radical (unpaired) electrons. The Labute approximate surface area is 216 Å². The Kier molecular flexibility index (Phi) is 12.7. The van der Waals surface area contributed by atoms with E-state index >= 15 is 0 Å². The summed E-state index contributed by atoms with van der Waals surface area (Å²) in [7, 11) is 4.51. The third-order valence-corrected chi connectivity index (χ3v) is 5.11. The van der Waals surface area contributed by atoms with Crippen molar-refractivity contribution in [3.05, 3.63) is 46.5 Å². The summed E-state index contributed by atoms with van der Waals surface area (Å²) in [5, 5.41) is 9.64. The van der Waals surface area contributed by atoms with Crippen molar-refractivity contribution >= 4 is 23.5 Å². The van der Waals surface area contributed by atoms with Gasteiger partial charge in [0.1, 0.15) is 23.0 Å². The standard InChI is InChI=1S/C14H18O5.C13H16O5/c1-9(15)12-7-11(5-6-19-10(2)16)13(17-3)8-14(12)18-4;1-8(14)11-6-10(4-5-18-9(2)15)13(17-3)7-12(11)16/h7-8H,5-6H2,1-4H3;6-7,16H,4-5H2,1-3H3. The molecule has 0 aliphatic heterocycles. The van der Waals surface area contributed by atoms with Crippen LogP contribution >= 0.6 is 0 Å². The van der Waals surface area contributed by atoms with E-state index in [-0.39, 0.29) is 48.0 Å². The van der Waals surface area contributed by atoms with E-state index in [1.807, 2.05) is 0 Å². The first-order valence-electron chi connectivity index (χ1n) is 11.4. The van der Waals surface area contributed by atoms with Crippen molar-refractivity contribution < 1.29 is 48.0 Å². The van der Waals surface area contributed by atoms with E-state index < -0.39 is 0 Å². The minimum Gasteiger partial charge on any atom is -0.507 e. The normalized spacial score (nSPS) is 9.92. The van der Waals surface area contributed by atoms with E-state index in [1.54, 1.807) is 18.2 Å². The maximum absolute atomic E-state index is 11.6. The van der Waals surface area contributed by atoms with Gasteiger partial charge in [0.25, 0.3) is 0 Å². The number of methoxy groups -OCH3 is 3. The molecular weight excluding hydrogens is 484 g/mol. The molecule has 0 aliphatic carbocycles. The molecule has 0 fully saturated rings. The Bertz CT molecular complexity index is 1120. The summed E-state index contributed by atoms with van der Waals surface area (Å²) < 4.78 is 25.2. The van der Waals surface area contributed by atoms with Gasteiger partial charge in [0, 0.05) is 38.8 Å². The zero-order valence-electron chi connectivity index (χ0n) is 22.3. The van der Waals surface area contributed by atoms with Crippen LogP contribution in [0.5, 0.6) is 23.0 Å². The molecule has 37 heavy (non-hydrogen) atoms. The van der Waals surface area contributed by atoms with Gasteiger partial charge in [0.2, 0.25) is 0 Å². The predicted octanol–water partition coefficient (Wildman–Crippen LogP) is 3.72. The molecule has 1 N–H and O–H groups in total. The Balaban J connectivity index is 0.000000371. The molecule has 0 aliphatic rings. The predicted molar refractivity (Wildman–Crippen MR) is 135 cm³/mol. The highest BCUT2D eigenvalue weighted by Gasteiger charge is 2.15. The van der Waals surface area contributed by atoms with Crippen LogP contribution < -0.4 is 14.2 Å². The molecule has 0 amide bonds. The van der Waals surface area contributed by atoms with Crippen molar-refractivity contribution in [1.29, 1.82) is 0 Å². The van der Waals surface area contributed by atoms with Crippen molar-refractivity contribution in [3.8, 4) is 23.0 Å². The SMILES string of the molecule is COc1cc(O)c(C(C)=O)cc1CCOC(C)=O.COc1cc(OC)c(C(C)=O)cc1CCOC(C)=O. The quantitative estimate of drug-likeness (QED) is 0.346. The molecule has 202 valence electrons. The number of Topliss-reactive ketones (excluding diaryl/α,β-unsaturated/α-hetero) is 2. The highest BCUT2D eigenvalue weighted by atomic mass is 16.5. The fourth-order valence-electron chi connectivity index (χ4n) is 3.33. The summed E-state index contributed by atoms with van der Waals surface area (Å²) >= 11 is 0. The number of benzene rings is 2. The van der Waals surface area contributed by atoms with Crippen molar-refractivity contribution in [2.75, 3.05) is 34.5 Å². The number of ether oxygens (including phenoxy) is 5. The number of hydrogen-bond acceptors (Lipinski definition) is 10. The van der Waals surface area contributed by atoms with Crippen LogP contribution in [0.4, 0.5) is 0 Å². The van der Waals surface area contributed by atoms with E-state index in [0.717, 1.165) is 5.56 Å². The number of carbonyl (C=O) groups is 4. The smallest absolute Gasteiger partial charge is 0.302 e. The number of phenols is 1. The topological polar surface area (TPSA) is 135 Å². The Hall–Kier alpha value is -4.08. The molecule has 0 atom stereocenters. The van der Waals surface area contributed by atoms with E-state index in [0.29, 0.717) is 41.2 Å². The fraction of sp³-hybridized carbons (Fsp3) is 0.407. The van der Waals surface area contributed by atoms with E-state index in [2.05, 4.69) is 0 Å². The van der Waals surface area contributed by atoms with Gasteiger partial charge in [-0.2, -0.15) is 0 Å². The Morgan fingerprint density at radius 3 is 1.41 bits per heavy atom. The van der Waals surface area contributed by atoms with E-state index in [9.17, 15) is 24.3 Å². The van der Waals surface area contributed by atoms with Gasteiger partial charge in [-0.3, -0.25) is 19.2 Å². The first kappa shape index (κ1) is 31.0. The number of esters is 2. The van der Waals surface area contributed by atoms with Gasteiger partial charge < -0.3 is 28.8 Å². The molecule has 0 saturated carbocycles. The number of hydrogen-bond donors (Lipinski definition) is 1. The molecule has 0 bridgehead atoms. The van der Waals surface area contributed by atoms with Crippen molar-refractivity contribution in [2.45, 2.75) is 40.5 Å². The second-order valence-corrected chi connectivity index (χ2v) is 7.84. The third-order valence-electron chi connectivity index (χ3n) is 5.11. The van der Waals surface area contributed by atoms with Crippen LogP contribution in [0, 0.1) is 0 Å². The van der Waals surface area contributed by atoms with Gasteiger partial charge in [-0.1, -0.05) is 0 Å². The molecule has 2 rings (SSSR count). The second kappa shape index (κ2) is 15.1. The van der Waals surface area contributed by atoms with Gasteiger partial charge in [0.05, 0.1) is 45.7 Å². The van der Waals surface area contributed by atoms with Crippen molar-refractivity contribution in [2.24, 2.45) is 0 Å². The molecular formula is C27H34O10. The molecule has 0 heterocycles. The molecule has 2 aromatic rings. The summed E-state index contributed by atoms with van der Waals surface area (Å²) in [4.78, 5) is 44.3. The van der Waals surface area contributed by atoms with Gasteiger partial charge in [-0.15, -0.1) is 0 Å². The summed E-state index contributed by atoms with van der Waals surface area (Å²) in [6.07, 6.45) is 0.899. The molecule has 0 spiro atoms. The third kappa shape index (κ3) is 9.83. The van der Waals surface area contributed by atoms with Crippen molar-refractivity contribution in [1.82, 2.24) is 0 Å². The lowest BCUT2D eigenvalue weighted by Crippen LogP contribution is -2.06. The number of ketones is 2. The molecule has 10 heteroatoms. The zero-order valence-corrected chi connectivity index (χ0v) is 22.3. The minimum absolute atomic E-state index is 0.0896. The number of aromatic hydroxyl groups is 1. The first-order chi connectivity index (χ1) is 17.4. The Morgan fingerprint density at radius 2 is 1.03 bits per heavy atom. The second-order valence-electron chi connectivity index (χ2n) is 7.84. The molecule has 0 unspecified atom stereocenters. The molecule has 0 saturated heterocycles. The summed E-state index contributed by atoms with van der Waals surface area (Å²) in [6.45, 7) is 5.97. The number of rotatable bonds is 11. The Morgan fingerprint density at radius 1 is 0.622 bits per heavy atom. The van der Waals surface area contributed by atoms with Gasteiger partial charge in [0.15, 0.2) is 11.6 Å². The summed E-state index contributed by atoms with van der Waals surface area (Å²) in [5.41, 5.74) is 2.23. The largest absolute Gasteiger partial charge is 0.507 e. The zero-order chi connectivity index (χ0) is 28.1. The average Bonchev–Trinajstić information content (AvgIpc) is 2.83. The van der Waals surface area contributed by atoms with E-state index in [1.165, 1.54) is 55.1 Å². The lowest BCUT2D eigenvalue weighted by molar-refractivity contribution is -0.141. The molecule has 10 nitrogen and oxygen atoms in total. The minimum atomic E-state index is -0.362. The fourth-order valence-corrected chi connectivity index (χ4v) is 3.33. The number of phenolic OH excluding ortho intramolecular Hbond substituents is 1. The lowest BCUT2D eigenvalue weighted by atomic mass is 10.0. The van der Waals surface area contributed by atoms with Gasteiger partial charge in [-0.05, 0) is 37.1 Å². The van der Waals surface area contributed by atoms with Crippen LogP contribution in [0.1, 0.15) is 59.5 Å². The van der Waals surface area contributed by atoms with Crippen LogP contribution in [0.3, 0.4) is 0 Å². The van der Waals surface area contributed by atoms with Crippen LogP contribution in [0.25, 0.3) is 0 Å². The monoisotopic (exact) mass is 518 g/mol. The lowest BCUT2D eigenvalue weighted by Gasteiger charge is -2.13. The van der Waals surface area contributed by atoms with E-state index in [4.69, 9.17) is 23.7 Å². The molecule has 0 aromatic heterocycles. The van der Waals surface area contributed by atoms with Crippen LogP contribution in [-0.2, 0) is 31.9 Å². The summed E-state index contributed by atoms with van der Waals surface area (Å²) in [6, 6.07) is 6.32. The number of carbonyl (C=O) groups excluding carboxylic acids is 4. The maximum atomic E-state index is 11.6. The highest BCUT2D eigenvalue weighted by Crippen LogP contribution is 2.30. The molecule has 2 aromatic carbocycles. The van der Waals surface area contributed by atoms with Crippen LogP contribution in [0.15, 0.2) is 24.3 Å². The highest BCUT2D eigenvalue weighted by molar-refractivity contribution is 5.97. The first-order valence-corrected chi connectivity index (χ1v) is 11.4. The van der Waals surface area contributed by atoms with Crippen LogP contribution in [-0.4, -0.2) is 63.2 Å². The van der Waals surface area contributed by atoms with Crippen LogP contribution in [0.2, 0.25) is 0 Å². The van der Waals surface area contributed by atoms with Crippen molar-refractivity contribution in [3.63, 3.8) is 0 Å². The van der Waals surface area contributed by atoms with Gasteiger partial charge in [-0.25, -0.2) is 0 Å². The maximum Gasteiger partial charge on any atom is 0.302 e. The van der Waals surface area contributed by atoms with Gasteiger partial charge >= 0.3 is 11.9 Å². The summed E-state index contributed by atoms with van der Waals surface area (Å²) in [5.74, 6) is 0.408. The average molecular weight is 519 g/mol.